The first-order valence-electron chi connectivity index (χ1n) is 12.0. The fourth-order valence-corrected chi connectivity index (χ4v) is 5.64. The molecule has 1 atom stereocenters. The highest BCUT2D eigenvalue weighted by Crippen LogP contribution is 2.46. The predicted molar refractivity (Wildman–Crippen MR) is 134 cm³/mol. The van der Waals surface area contributed by atoms with Crippen LogP contribution in [0.25, 0.3) is 5.82 Å². The van der Waals surface area contributed by atoms with E-state index in [1.54, 1.807) is 0 Å². The number of amides is 2. The number of fused-ring (bicyclic) bond motifs is 3. The monoisotopic (exact) mass is 592 g/mol. The van der Waals surface area contributed by atoms with E-state index in [0.29, 0.717) is 5.56 Å². The summed E-state index contributed by atoms with van der Waals surface area (Å²) in [4.78, 5) is 30.2. The van der Waals surface area contributed by atoms with Gasteiger partial charge in [0.2, 0.25) is 5.91 Å². The maximum atomic E-state index is 15.4. The number of rotatable bonds is 6. The summed E-state index contributed by atoms with van der Waals surface area (Å²) >= 11 is 0. The molecule has 1 aromatic carbocycles. The van der Waals surface area contributed by atoms with Crippen molar-refractivity contribution in [3.05, 3.63) is 64.2 Å². The molecular formula is C25H20F4N6O5S. The highest BCUT2D eigenvalue weighted by atomic mass is 32.2. The second-order valence-electron chi connectivity index (χ2n) is 9.77. The normalized spacial score (nSPS) is 17.9. The zero-order chi connectivity index (χ0) is 29.7. The van der Waals surface area contributed by atoms with Crippen molar-refractivity contribution in [1.82, 2.24) is 20.1 Å². The molecule has 0 saturated heterocycles. The van der Waals surface area contributed by atoms with Crippen LogP contribution in [0.1, 0.15) is 39.2 Å². The van der Waals surface area contributed by atoms with Gasteiger partial charge >= 0.3 is 6.18 Å². The van der Waals surface area contributed by atoms with E-state index in [2.05, 4.69) is 20.7 Å². The van der Waals surface area contributed by atoms with Crippen LogP contribution >= 0.6 is 0 Å². The van der Waals surface area contributed by atoms with Crippen molar-refractivity contribution in [2.75, 3.05) is 23.9 Å². The van der Waals surface area contributed by atoms with Crippen LogP contribution in [0.15, 0.2) is 30.5 Å². The van der Waals surface area contributed by atoms with Gasteiger partial charge in [0.25, 0.3) is 5.91 Å². The van der Waals surface area contributed by atoms with Crippen LogP contribution in [0.4, 0.5) is 23.4 Å². The van der Waals surface area contributed by atoms with Gasteiger partial charge in [-0.3, -0.25) is 9.59 Å². The Labute approximate surface area is 230 Å². The van der Waals surface area contributed by atoms with E-state index >= 15 is 4.39 Å². The SMILES string of the molecule is CS(=O)(=O)CC(=O)Nc1c2c(nn1-c1ccc(C#N)cn1)C[C@@]1(CCc3cc(OCC(F)(F)F)cc(F)c31)NC2=O. The van der Waals surface area contributed by atoms with Crippen molar-refractivity contribution in [2.45, 2.75) is 31.0 Å². The number of sulfone groups is 1. The Bertz CT molecular complexity index is 1730. The number of hydrogen-bond donors (Lipinski definition) is 2. The molecule has 41 heavy (non-hydrogen) atoms. The third kappa shape index (κ3) is 5.57. The summed E-state index contributed by atoms with van der Waals surface area (Å²) in [6.07, 6.45) is -2.14. The molecule has 1 aliphatic carbocycles. The Hall–Kier alpha value is -4.52. The average molecular weight is 593 g/mol. The number of ether oxygens (including phenoxy) is 1. The van der Waals surface area contributed by atoms with Crippen LogP contribution < -0.4 is 15.4 Å². The van der Waals surface area contributed by atoms with Gasteiger partial charge in [0.15, 0.2) is 28.1 Å². The van der Waals surface area contributed by atoms with Crippen LogP contribution in [0.5, 0.6) is 5.75 Å². The smallest absolute Gasteiger partial charge is 0.422 e. The van der Waals surface area contributed by atoms with E-state index in [-0.39, 0.29) is 59.0 Å². The molecule has 1 aliphatic heterocycles. The largest absolute Gasteiger partial charge is 0.484 e. The summed E-state index contributed by atoms with van der Waals surface area (Å²) in [5.74, 6) is -3.81. The van der Waals surface area contributed by atoms with Crippen molar-refractivity contribution in [3.8, 4) is 17.6 Å². The maximum Gasteiger partial charge on any atom is 0.422 e. The summed E-state index contributed by atoms with van der Waals surface area (Å²) in [5.41, 5.74) is -0.578. The molecule has 3 heterocycles. The van der Waals surface area contributed by atoms with Crippen molar-refractivity contribution < 1.29 is 40.3 Å². The van der Waals surface area contributed by atoms with E-state index in [1.165, 1.54) is 24.4 Å². The quantitative estimate of drug-likeness (QED) is 0.413. The number of nitriles is 1. The molecule has 2 aliphatic rings. The minimum absolute atomic E-state index is 0.0566. The second-order valence-corrected chi connectivity index (χ2v) is 11.9. The number of pyridine rings is 1. The number of alkyl halides is 3. The number of nitrogens with zero attached hydrogens (tertiary/aromatic N) is 4. The highest BCUT2D eigenvalue weighted by Gasteiger charge is 2.48. The summed E-state index contributed by atoms with van der Waals surface area (Å²) in [6.45, 7) is -1.59. The topological polar surface area (TPSA) is 156 Å². The first kappa shape index (κ1) is 28.0. The molecule has 0 unspecified atom stereocenters. The number of benzene rings is 1. The lowest BCUT2D eigenvalue weighted by Crippen LogP contribution is -2.50. The lowest BCUT2D eigenvalue weighted by atomic mass is 9.82. The van der Waals surface area contributed by atoms with Crippen LogP contribution in [-0.2, 0) is 33.0 Å². The van der Waals surface area contributed by atoms with Gasteiger partial charge < -0.3 is 15.4 Å². The number of aryl methyl sites for hydroxylation is 1. The third-order valence-electron chi connectivity index (χ3n) is 6.60. The summed E-state index contributed by atoms with van der Waals surface area (Å²) < 4.78 is 82.3. The molecule has 214 valence electrons. The Kier molecular flexibility index (Phi) is 6.72. The lowest BCUT2D eigenvalue weighted by molar-refractivity contribution is -0.153. The molecule has 2 amide bonds. The molecule has 5 rings (SSSR count). The van der Waals surface area contributed by atoms with Gasteiger partial charge in [-0.25, -0.2) is 17.8 Å². The second kappa shape index (κ2) is 9.84. The van der Waals surface area contributed by atoms with Gasteiger partial charge in [-0.15, -0.1) is 0 Å². The van der Waals surface area contributed by atoms with E-state index in [1.807, 2.05) is 6.07 Å². The molecule has 11 nitrogen and oxygen atoms in total. The van der Waals surface area contributed by atoms with Gasteiger partial charge in [-0.2, -0.15) is 28.2 Å². The Balaban J connectivity index is 1.56. The number of hydrogen-bond acceptors (Lipinski definition) is 8. The zero-order valence-corrected chi connectivity index (χ0v) is 22.0. The number of nitrogens with one attached hydrogen (secondary N) is 2. The Morgan fingerprint density at radius 2 is 2.07 bits per heavy atom. The van der Waals surface area contributed by atoms with Gasteiger partial charge in [-0.05, 0) is 36.6 Å². The number of carbonyl (C=O) groups is 2. The summed E-state index contributed by atoms with van der Waals surface area (Å²) in [5, 5.41) is 18.7. The first-order chi connectivity index (χ1) is 19.2. The van der Waals surface area contributed by atoms with E-state index in [9.17, 15) is 31.2 Å². The Morgan fingerprint density at radius 1 is 1.32 bits per heavy atom. The molecule has 3 aromatic rings. The molecule has 0 saturated carbocycles. The van der Waals surface area contributed by atoms with Gasteiger partial charge in [0, 0.05) is 30.5 Å². The third-order valence-corrected chi connectivity index (χ3v) is 7.39. The number of aromatic nitrogens is 3. The number of halogens is 4. The van der Waals surface area contributed by atoms with Crippen LogP contribution in [0.3, 0.4) is 0 Å². The maximum absolute atomic E-state index is 15.4. The van der Waals surface area contributed by atoms with Gasteiger partial charge in [-0.1, -0.05) is 0 Å². The molecule has 2 aromatic heterocycles. The number of carbonyl (C=O) groups excluding carboxylic acids is 2. The zero-order valence-electron chi connectivity index (χ0n) is 21.2. The van der Waals surface area contributed by atoms with Crippen molar-refractivity contribution in [3.63, 3.8) is 0 Å². The first-order valence-corrected chi connectivity index (χ1v) is 14.0. The molecule has 0 bridgehead atoms. The summed E-state index contributed by atoms with van der Waals surface area (Å²) in [7, 11) is -3.73. The molecular weight excluding hydrogens is 572 g/mol. The van der Waals surface area contributed by atoms with E-state index in [0.717, 1.165) is 17.0 Å². The van der Waals surface area contributed by atoms with Crippen LogP contribution in [0.2, 0.25) is 0 Å². The highest BCUT2D eigenvalue weighted by molar-refractivity contribution is 7.91. The van der Waals surface area contributed by atoms with Crippen LogP contribution in [0, 0.1) is 17.1 Å². The fourth-order valence-electron chi connectivity index (χ4n) is 5.09. The van der Waals surface area contributed by atoms with Crippen molar-refractivity contribution in [1.29, 1.82) is 5.26 Å². The predicted octanol–water partition coefficient (Wildman–Crippen LogP) is 2.33. The standard InChI is InChI=1S/C25H20F4N6O5S/c1-41(38,39)11-19(36)32-22-20-17(34-35(22)18-3-2-13(9-30)10-31-18)8-24(33-23(20)37)5-4-14-6-15(7-16(26)21(14)24)40-12-25(27,28)29/h2-3,6-7,10H,4-5,8,11-12H2,1H3,(H,32,36)(H,33,37)/t24-/m1/s1. The van der Waals surface area contributed by atoms with Crippen LogP contribution in [-0.4, -0.2) is 59.8 Å². The molecule has 0 fully saturated rings. The van der Waals surface area contributed by atoms with E-state index in [4.69, 9.17) is 10.00 Å². The molecule has 2 N–H and O–H groups in total. The van der Waals surface area contributed by atoms with Crippen molar-refractivity contribution >= 4 is 27.5 Å². The molecule has 0 radical (unpaired) electrons. The van der Waals surface area contributed by atoms with Gasteiger partial charge in [0.1, 0.15) is 29.0 Å². The Morgan fingerprint density at radius 3 is 2.71 bits per heavy atom. The lowest BCUT2D eigenvalue weighted by Gasteiger charge is -2.35. The average Bonchev–Trinajstić information content (AvgIpc) is 3.40. The van der Waals surface area contributed by atoms with Crippen molar-refractivity contribution in [2.24, 2.45) is 0 Å². The number of anilines is 1. The van der Waals surface area contributed by atoms with E-state index < -0.39 is 51.5 Å². The summed E-state index contributed by atoms with van der Waals surface area (Å²) in [6, 6.07) is 6.87. The minimum atomic E-state index is -4.61. The fraction of sp³-hybridized carbons (Fsp3) is 0.320. The minimum Gasteiger partial charge on any atom is -0.484 e. The molecule has 1 spiro atoms. The van der Waals surface area contributed by atoms with Gasteiger partial charge in [0.05, 0.1) is 16.8 Å². The molecule has 16 heteroatoms.